The zero-order valence-electron chi connectivity index (χ0n) is 12.3. The van der Waals surface area contributed by atoms with E-state index in [1.807, 2.05) is 12.1 Å². The van der Waals surface area contributed by atoms with Crippen LogP contribution in [-0.2, 0) is 10.8 Å². The third-order valence-electron chi connectivity index (χ3n) is 3.78. The maximum atomic E-state index is 11.4. The summed E-state index contributed by atoms with van der Waals surface area (Å²) in [4.78, 5) is 0. The fraction of sp³-hybridized carbons (Fsp3) is 0.600. The highest BCUT2D eigenvalue weighted by Gasteiger charge is 2.20. The predicted molar refractivity (Wildman–Crippen MR) is 82.0 cm³/mol. The molecule has 20 heavy (non-hydrogen) atoms. The van der Waals surface area contributed by atoms with Crippen molar-refractivity contribution in [3.63, 3.8) is 0 Å². The monoisotopic (exact) mass is 297 g/mol. The largest absolute Gasteiger partial charge is 0.493 e. The van der Waals surface area contributed by atoms with Crippen LogP contribution in [0.3, 0.4) is 0 Å². The predicted octanol–water partition coefficient (Wildman–Crippen LogP) is 2.27. The minimum atomic E-state index is -0.606. The first-order valence-corrected chi connectivity index (χ1v) is 8.45. The molecule has 1 atom stereocenters. The number of benzene rings is 1. The van der Waals surface area contributed by atoms with Gasteiger partial charge in [0.1, 0.15) is 0 Å². The highest BCUT2D eigenvalue weighted by atomic mass is 32.2. The Labute approximate surface area is 123 Å². The van der Waals surface area contributed by atoms with Crippen LogP contribution in [0.4, 0.5) is 0 Å². The topological polar surface area (TPSA) is 47.6 Å². The molecule has 1 unspecified atom stereocenters. The summed E-state index contributed by atoms with van der Waals surface area (Å²) in [5, 5.41) is 3.61. The molecule has 1 aliphatic heterocycles. The third-order valence-corrected chi connectivity index (χ3v) is 5.16. The van der Waals surface area contributed by atoms with Crippen LogP contribution in [0.2, 0.25) is 0 Å². The van der Waals surface area contributed by atoms with Crippen molar-refractivity contribution in [3.8, 4) is 11.5 Å². The Bertz CT molecular complexity index is 468. The minimum absolute atomic E-state index is 0.242. The van der Waals surface area contributed by atoms with Gasteiger partial charge in [0.05, 0.1) is 14.2 Å². The molecule has 0 aliphatic carbocycles. The van der Waals surface area contributed by atoms with Crippen molar-refractivity contribution in [1.29, 1.82) is 0 Å². The van der Waals surface area contributed by atoms with Crippen LogP contribution in [0, 0.1) is 0 Å². The molecule has 0 amide bonds. The summed E-state index contributed by atoms with van der Waals surface area (Å²) in [6, 6.07) is 6.70. The minimum Gasteiger partial charge on any atom is -0.493 e. The molecule has 0 radical (unpaired) electrons. The van der Waals surface area contributed by atoms with Gasteiger partial charge in [0.2, 0.25) is 0 Å². The normalized spacial score (nSPS) is 24.1. The molecule has 1 aliphatic rings. The van der Waals surface area contributed by atoms with Gasteiger partial charge >= 0.3 is 0 Å². The maximum Gasteiger partial charge on any atom is 0.161 e. The maximum absolute atomic E-state index is 11.4. The van der Waals surface area contributed by atoms with E-state index >= 15 is 0 Å². The van der Waals surface area contributed by atoms with Gasteiger partial charge in [-0.15, -0.1) is 0 Å². The second kappa shape index (κ2) is 7.09. The summed E-state index contributed by atoms with van der Waals surface area (Å²) < 4.78 is 22.0. The van der Waals surface area contributed by atoms with E-state index in [1.54, 1.807) is 14.2 Å². The Morgan fingerprint density at radius 1 is 1.20 bits per heavy atom. The lowest BCUT2D eigenvalue weighted by Crippen LogP contribution is -2.37. The first-order valence-electron chi connectivity index (χ1n) is 6.97. The summed E-state index contributed by atoms with van der Waals surface area (Å²) in [5.41, 5.74) is 1.18. The molecule has 2 rings (SSSR count). The van der Waals surface area contributed by atoms with Gasteiger partial charge in [-0.2, -0.15) is 0 Å². The molecule has 0 spiro atoms. The quantitative estimate of drug-likeness (QED) is 0.905. The van der Waals surface area contributed by atoms with E-state index in [4.69, 9.17) is 9.47 Å². The Morgan fingerprint density at radius 2 is 1.85 bits per heavy atom. The summed E-state index contributed by atoms with van der Waals surface area (Å²) >= 11 is 0. The zero-order chi connectivity index (χ0) is 14.5. The Balaban J connectivity index is 2.01. The SMILES string of the molecule is COc1ccc(C(C)NC2CCS(=O)CC2)cc1OC. The van der Waals surface area contributed by atoms with Gasteiger partial charge in [0, 0.05) is 34.4 Å². The number of methoxy groups -OCH3 is 2. The van der Waals surface area contributed by atoms with Gasteiger partial charge in [-0.3, -0.25) is 4.21 Å². The van der Waals surface area contributed by atoms with Gasteiger partial charge in [-0.25, -0.2) is 0 Å². The molecule has 5 heteroatoms. The van der Waals surface area contributed by atoms with Crippen LogP contribution in [0.25, 0.3) is 0 Å². The van der Waals surface area contributed by atoms with E-state index in [0.717, 1.165) is 35.8 Å². The lowest BCUT2D eigenvalue weighted by atomic mass is 10.0. The molecule has 112 valence electrons. The second-order valence-electron chi connectivity index (χ2n) is 5.13. The molecule has 1 fully saturated rings. The van der Waals surface area contributed by atoms with Gasteiger partial charge in [-0.1, -0.05) is 6.07 Å². The molecule has 1 saturated heterocycles. The van der Waals surface area contributed by atoms with Crippen LogP contribution in [-0.4, -0.2) is 36.0 Å². The standard InChI is InChI=1S/C15H23NO3S/c1-11(16-13-6-8-20(17)9-7-13)12-4-5-14(18-2)15(10-12)19-3/h4-5,10-11,13,16H,6-9H2,1-3H3. The number of nitrogens with one attached hydrogen (secondary N) is 1. The Morgan fingerprint density at radius 3 is 2.45 bits per heavy atom. The zero-order valence-corrected chi connectivity index (χ0v) is 13.2. The Hall–Kier alpha value is -1.07. The number of rotatable bonds is 5. The van der Waals surface area contributed by atoms with E-state index in [1.165, 1.54) is 5.56 Å². The molecule has 1 heterocycles. The van der Waals surface area contributed by atoms with Crippen LogP contribution >= 0.6 is 0 Å². The van der Waals surface area contributed by atoms with Crippen molar-refractivity contribution in [2.24, 2.45) is 0 Å². The molecular formula is C15H23NO3S. The fourth-order valence-electron chi connectivity index (χ4n) is 2.53. The molecule has 4 nitrogen and oxygen atoms in total. The molecule has 0 aromatic heterocycles. The van der Waals surface area contributed by atoms with Gasteiger partial charge in [-0.05, 0) is 37.5 Å². The second-order valence-corrected chi connectivity index (χ2v) is 6.82. The summed E-state index contributed by atoms with van der Waals surface area (Å²) in [6.07, 6.45) is 1.98. The third kappa shape index (κ3) is 3.73. The first-order chi connectivity index (χ1) is 9.63. The van der Waals surface area contributed by atoms with Gasteiger partial charge in [0.15, 0.2) is 11.5 Å². The molecule has 1 aromatic carbocycles. The average molecular weight is 297 g/mol. The summed E-state index contributed by atoms with van der Waals surface area (Å²) in [6.45, 7) is 2.15. The fourth-order valence-corrected chi connectivity index (χ4v) is 3.83. The van der Waals surface area contributed by atoms with E-state index < -0.39 is 10.8 Å². The summed E-state index contributed by atoms with van der Waals surface area (Å²) in [5.74, 6) is 3.13. The van der Waals surface area contributed by atoms with Gasteiger partial charge < -0.3 is 14.8 Å². The molecule has 1 aromatic rings. The highest BCUT2D eigenvalue weighted by molar-refractivity contribution is 7.85. The molecule has 0 saturated carbocycles. The molecule has 0 bridgehead atoms. The van der Waals surface area contributed by atoms with E-state index in [-0.39, 0.29) is 6.04 Å². The number of ether oxygens (including phenoxy) is 2. The van der Waals surface area contributed by atoms with Crippen LogP contribution in [0.1, 0.15) is 31.4 Å². The van der Waals surface area contributed by atoms with Crippen molar-refractivity contribution in [2.75, 3.05) is 25.7 Å². The summed E-state index contributed by atoms with van der Waals surface area (Å²) in [7, 11) is 2.68. The van der Waals surface area contributed by atoms with Crippen LogP contribution < -0.4 is 14.8 Å². The molecule has 1 N–H and O–H groups in total. The Kier molecular flexibility index (Phi) is 5.43. The first kappa shape index (κ1) is 15.3. The van der Waals surface area contributed by atoms with E-state index in [0.29, 0.717) is 6.04 Å². The van der Waals surface area contributed by atoms with Crippen molar-refractivity contribution in [3.05, 3.63) is 23.8 Å². The van der Waals surface area contributed by atoms with E-state index in [9.17, 15) is 4.21 Å². The number of hydrogen-bond donors (Lipinski definition) is 1. The smallest absolute Gasteiger partial charge is 0.161 e. The van der Waals surface area contributed by atoms with Crippen molar-refractivity contribution in [1.82, 2.24) is 5.32 Å². The van der Waals surface area contributed by atoms with Crippen molar-refractivity contribution >= 4 is 10.8 Å². The van der Waals surface area contributed by atoms with Crippen LogP contribution in [0.5, 0.6) is 11.5 Å². The van der Waals surface area contributed by atoms with Gasteiger partial charge in [0.25, 0.3) is 0 Å². The van der Waals surface area contributed by atoms with Crippen LogP contribution in [0.15, 0.2) is 18.2 Å². The molecular weight excluding hydrogens is 274 g/mol. The highest BCUT2D eigenvalue weighted by Crippen LogP contribution is 2.30. The van der Waals surface area contributed by atoms with Crippen molar-refractivity contribution < 1.29 is 13.7 Å². The lowest BCUT2D eigenvalue weighted by Gasteiger charge is -2.26. The average Bonchev–Trinajstić information content (AvgIpc) is 2.48. The lowest BCUT2D eigenvalue weighted by molar-refractivity contribution is 0.353. The van der Waals surface area contributed by atoms with E-state index in [2.05, 4.69) is 18.3 Å². The number of hydrogen-bond acceptors (Lipinski definition) is 4. The van der Waals surface area contributed by atoms with Crippen molar-refractivity contribution in [2.45, 2.75) is 31.8 Å².